The Bertz CT molecular complexity index is 330. The van der Waals surface area contributed by atoms with Crippen LogP contribution in [0.2, 0.25) is 0 Å². The van der Waals surface area contributed by atoms with Crippen LogP contribution in [-0.4, -0.2) is 18.6 Å². The van der Waals surface area contributed by atoms with E-state index in [0.717, 1.165) is 19.3 Å². The number of rotatable bonds is 9. The maximum atomic E-state index is 12.3. The third-order valence-electron chi connectivity index (χ3n) is 2.21. The highest BCUT2D eigenvalue weighted by atomic mass is 31.2. The molecule has 0 aromatic heterocycles. The van der Waals surface area contributed by atoms with Crippen molar-refractivity contribution in [2.75, 3.05) is 6.61 Å². The molecular weight excluding hydrogens is 253 g/mol. The fourth-order valence-electron chi connectivity index (χ4n) is 1.26. The van der Waals surface area contributed by atoms with E-state index >= 15 is 0 Å². The molecule has 0 rings (SSSR count). The molecule has 106 valence electrons. The first kappa shape index (κ1) is 17.4. The predicted octanol–water partition coefficient (Wildman–Crippen LogP) is 3.42. The van der Waals surface area contributed by atoms with Gasteiger partial charge in [-0.25, -0.2) is 4.57 Å². The van der Waals surface area contributed by atoms with E-state index in [1.165, 1.54) is 6.92 Å². The normalized spacial score (nSPS) is 15.8. The van der Waals surface area contributed by atoms with Crippen LogP contribution in [0.15, 0.2) is 12.2 Å². The zero-order valence-corrected chi connectivity index (χ0v) is 12.6. The SMILES string of the molecule is C=C(C)C(=O)NP(=O)(OCC)OC(C)CCCC. The van der Waals surface area contributed by atoms with E-state index in [0.29, 0.717) is 0 Å². The number of nitrogens with one attached hydrogen (secondary N) is 1. The van der Waals surface area contributed by atoms with Crippen LogP contribution in [0.1, 0.15) is 47.0 Å². The molecule has 5 nitrogen and oxygen atoms in total. The van der Waals surface area contributed by atoms with Crippen LogP contribution >= 0.6 is 7.75 Å². The van der Waals surface area contributed by atoms with Gasteiger partial charge in [0.05, 0.1) is 12.7 Å². The van der Waals surface area contributed by atoms with Crippen molar-refractivity contribution >= 4 is 13.7 Å². The lowest BCUT2D eigenvalue weighted by Crippen LogP contribution is -2.25. The lowest BCUT2D eigenvalue weighted by molar-refractivity contribution is -0.116. The second-order valence-corrected chi connectivity index (χ2v) is 5.88. The average Bonchev–Trinajstić information content (AvgIpc) is 2.25. The van der Waals surface area contributed by atoms with Crippen LogP contribution in [0.4, 0.5) is 0 Å². The molecule has 0 aromatic carbocycles. The highest BCUT2D eigenvalue weighted by Crippen LogP contribution is 2.45. The maximum absolute atomic E-state index is 12.3. The number of amides is 1. The van der Waals surface area contributed by atoms with E-state index in [9.17, 15) is 9.36 Å². The van der Waals surface area contributed by atoms with Gasteiger partial charge in [0.25, 0.3) is 5.91 Å². The monoisotopic (exact) mass is 277 g/mol. The van der Waals surface area contributed by atoms with Crippen LogP contribution in [0.25, 0.3) is 0 Å². The Labute approximate surface area is 110 Å². The van der Waals surface area contributed by atoms with Gasteiger partial charge < -0.3 is 0 Å². The lowest BCUT2D eigenvalue weighted by Gasteiger charge is -2.22. The fourth-order valence-corrected chi connectivity index (χ4v) is 2.80. The Morgan fingerprint density at radius 2 is 2.06 bits per heavy atom. The zero-order chi connectivity index (χ0) is 14.2. The molecule has 1 N–H and O–H groups in total. The minimum Gasteiger partial charge on any atom is -0.293 e. The van der Waals surface area contributed by atoms with E-state index in [4.69, 9.17) is 9.05 Å². The Morgan fingerprint density at radius 1 is 1.44 bits per heavy atom. The van der Waals surface area contributed by atoms with Gasteiger partial charge >= 0.3 is 7.75 Å². The maximum Gasteiger partial charge on any atom is 0.435 e. The summed E-state index contributed by atoms with van der Waals surface area (Å²) in [6.07, 6.45) is 2.55. The molecule has 18 heavy (non-hydrogen) atoms. The summed E-state index contributed by atoms with van der Waals surface area (Å²) in [5.41, 5.74) is 0.264. The predicted molar refractivity (Wildman–Crippen MR) is 72.3 cm³/mol. The summed E-state index contributed by atoms with van der Waals surface area (Å²) in [6.45, 7) is 10.8. The van der Waals surface area contributed by atoms with Gasteiger partial charge in [0.1, 0.15) is 0 Å². The molecule has 2 unspecified atom stereocenters. The van der Waals surface area contributed by atoms with Gasteiger partial charge in [-0.1, -0.05) is 26.3 Å². The van der Waals surface area contributed by atoms with Crippen LogP contribution in [0, 0.1) is 0 Å². The van der Waals surface area contributed by atoms with Crippen LogP contribution in [0.3, 0.4) is 0 Å². The molecule has 0 aromatic rings. The van der Waals surface area contributed by atoms with Gasteiger partial charge in [0.2, 0.25) is 0 Å². The molecule has 0 fully saturated rings. The van der Waals surface area contributed by atoms with E-state index < -0.39 is 13.7 Å². The van der Waals surface area contributed by atoms with E-state index in [-0.39, 0.29) is 18.3 Å². The summed E-state index contributed by atoms with van der Waals surface area (Å²) in [6, 6.07) is 0. The molecule has 0 saturated heterocycles. The van der Waals surface area contributed by atoms with Gasteiger partial charge in [-0.05, 0) is 27.2 Å². The zero-order valence-electron chi connectivity index (χ0n) is 11.7. The minimum absolute atomic E-state index is 0.203. The standard InChI is InChI=1S/C12H24NO4P/c1-6-8-9-11(5)17-18(15,16-7-2)13-12(14)10(3)4/h11H,3,6-9H2,1-2,4-5H3,(H,13,14,15). The van der Waals surface area contributed by atoms with E-state index in [1.807, 2.05) is 6.92 Å². The van der Waals surface area contributed by atoms with Crippen molar-refractivity contribution in [3.05, 3.63) is 12.2 Å². The van der Waals surface area contributed by atoms with Crippen molar-refractivity contribution in [3.8, 4) is 0 Å². The van der Waals surface area contributed by atoms with Gasteiger partial charge in [-0.2, -0.15) is 0 Å². The van der Waals surface area contributed by atoms with Crippen LogP contribution in [-0.2, 0) is 18.4 Å². The van der Waals surface area contributed by atoms with Crippen molar-refractivity contribution in [2.45, 2.75) is 53.1 Å². The second kappa shape index (κ2) is 8.46. The molecular formula is C12H24NO4P. The van der Waals surface area contributed by atoms with Crippen molar-refractivity contribution in [3.63, 3.8) is 0 Å². The molecule has 0 aliphatic heterocycles. The fraction of sp³-hybridized carbons (Fsp3) is 0.750. The summed E-state index contributed by atoms with van der Waals surface area (Å²) in [4.78, 5) is 11.5. The third-order valence-corrected chi connectivity index (χ3v) is 3.92. The van der Waals surface area contributed by atoms with Gasteiger partial charge in [-0.15, -0.1) is 0 Å². The van der Waals surface area contributed by atoms with Crippen molar-refractivity contribution in [1.29, 1.82) is 0 Å². The Balaban J connectivity index is 4.55. The summed E-state index contributed by atoms with van der Waals surface area (Å²) in [5.74, 6) is -0.519. The first-order valence-electron chi connectivity index (χ1n) is 6.25. The van der Waals surface area contributed by atoms with Gasteiger partial charge in [0, 0.05) is 5.57 Å². The highest BCUT2D eigenvalue weighted by Gasteiger charge is 2.29. The number of hydrogen-bond donors (Lipinski definition) is 1. The summed E-state index contributed by atoms with van der Waals surface area (Å²) in [5, 5.41) is 2.27. The first-order valence-corrected chi connectivity index (χ1v) is 7.80. The first-order chi connectivity index (χ1) is 8.34. The van der Waals surface area contributed by atoms with Crippen LogP contribution < -0.4 is 5.09 Å². The molecule has 0 saturated carbocycles. The molecule has 1 amide bonds. The quantitative estimate of drug-likeness (QED) is 0.518. The van der Waals surface area contributed by atoms with Gasteiger partial charge in [0.15, 0.2) is 0 Å². The second-order valence-electron chi connectivity index (χ2n) is 4.19. The molecule has 0 aliphatic rings. The number of hydrogen-bond acceptors (Lipinski definition) is 4. The average molecular weight is 277 g/mol. The molecule has 6 heteroatoms. The Kier molecular flexibility index (Phi) is 8.16. The Morgan fingerprint density at radius 3 is 2.50 bits per heavy atom. The third kappa shape index (κ3) is 6.94. The van der Waals surface area contributed by atoms with Crippen molar-refractivity contribution < 1.29 is 18.4 Å². The molecule has 0 spiro atoms. The number of unbranched alkanes of at least 4 members (excludes halogenated alkanes) is 1. The van der Waals surface area contributed by atoms with Gasteiger partial charge in [-0.3, -0.25) is 18.9 Å². The molecule has 0 aliphatic carbocycles. The smallest absolute Gasteiger partial charge is 0.293 e. The van der Waals surface area contributed by atoms with E-state index in [2.05, 4.69) is 18.6 Å². The lowest BCUT2D eigenvalue weighted by atomic mass is 10.2. The number of carbonyl (C=O) groups is 1. The topological polar surface area (TPSA) is 64.6 Å². The van der Waals surface area contributed by atoms with E-state index in [1.54, 1.807) is 6.92 Å². The molecule has 0 bridgehead atoms. The Hall–Kier alpha value is -0.640. The summed E-state index contributed by atoms with van der Waals surface area (Å²) in [7, 11) is -3.59. The highest BCUT2D eigenvalue weighted by molar-refractivity contribution is 7.52. The number of carbonyl (C=O) groups excluding carboxylic acids is 1. The van der Waals surface area contributed by atoms with Crippen molar-refractivity contribution in [1.82, 2.24) is 5.09 Å². The van der Waals surface area contributed by atoms with Crippen LogP contribution in [0.5, 0.6) is 0 Å². The molecule has 0 radical (unpaired) electrons. The summed E-state index contributed by atoms with van der Waals surface area (Å²) < 4.78 is 22.7. The molecule has 0 heterocycles. The minimum atomic E-state index is -3.59. The largest absolute Gasteiger partial charge is 0.435 e. The van der Waals surface area contributed by atoms with Crippen molar-refractivity contribution in [2.24, 2.45) is 0 Å². The summed E-state index contributed by atoms with van der Waals surface area (Å²) >= 11 is 0. The molecule has 2 atom stereocenters.